The van der Waals surface area contributed by atoms with Crippen LogP contribution >= 0.6 is 15.9 Å². The molecule has 0 fully saturated rings. The molecule has 0 saturated heterocycles. The highest BCUT2D eigenvalue weighted by Crippen LogP contribution is 2.21. The van der Waals surface area contributed by atoms with Crippen LogP contribution in [0.3, 0.4) is 0 Å². The van der Waals surface area contributed by atoms with Crippen molar-refractivity contribution in [2.45, 2.75) is 12.5 Å². The minimum absolute atomic E-state index is 0.187. The Balaban J connectivity index is 2.86. The van der Waals surface area contributed by atoms with Crippen LogP contribution in [0.15, 0.2) is 22.7 Å². The van der Waals surface area contributed by atoms with E-state index in [1.54, 1.807) is 18.2 Å². The van der Waals surface area contributed by atoms with E-state index in [9.17, 15) is 9.90 Å². The van der Waals surface area contributed by atoms with Crippen molar-refractivity contribution in [1.29, 1.82) is 5.26 Å². The van der Waals surface area contributed by atoms with E-state index in [1.807, 2.05) is 6.07 Å². The standard InChI is InChI=1S/C11H11BrN2O3/c1-11(17,10(15)16)6-14-9-4-8(12)3-2-7(9)5-13/h2-4,14,17H,6H2,1H3,(H,15,16). The smallest absolute Gasteiger partial charge is 0.337 e. The minimum Gasteiger partial charge on any atom is -0.479 e. The number of carboxylic acid groups (broad SMARTS) is 1. The molecule has 0 spiro atoms. The molecule has 3 N–H and O–H groups in total. The van der Waals surface area contributed by atoms with E-state index in [-0.39, 0.29) is 6.54 Å². The summed E-state index contributed by atoms with van der Waals surface area (Å²) in [6.45, 7) is 1.000. The van der Waals surface area contributed by atoms with Gasteiger partial charge in [-0.15, -0.1) is 0 Å². The number of aliphatic hydroxyl groups is 1. The molecule has 17 heavy (non-hydrogen) atoms. The summed E-state index contributed by atoms with van der Waals surface area (Å²) in [5, 5.41) is 29.9. The maximum atomic E-state index is 10.7. The molecule has 0 saturated carbocycles. The van der Waals surface area contributed by atoms with Gasteiger partial charge in [0.25, 0.3) is 0 Å². The van der Waals surface area contributed by atoms with Crippen LogP contribution in [-0.4, -0.2) is 28.3 Å². The zero-order chi connectivity index (χ0) is 13.1. The number of rotatable bonds is 4. The molecule has 0 aromatic heterocycles. The van der Waals surface area contributed by atoms with Crippen molar-refractivity contribution in [3.05, 3.63) is 28.2 Å². The third kappa shape index (κ3) is 3.44. The summed E-state index contributed by atoms with van der Waals surface area (Å²) < 4.78 is 0.758. The average molecular weight is 299 g/mol. The first kappa shape index (κ1) is 13.5. The van der Waals surface area contributed by atoms with E-state index in [0.29, 0.717) is 11.3 Å². The van der Waals surface area contributed by atoms with Gasteiger partial charge in [0.05, 0.1) is 17.8 Å². The van der Waals surface area contributed by atoms with E-state index in [1.165, 1.54) is 6.92 Å². The van der Waals surface area contributed by atoms with Gasteiger partial charge in [-0.1, -0.05) is 15.9 Å². The SMILES string of the molecule is CC(O)(CNc1cc(Br)ccc1C#N)C(=O)O. The molecular formula is C11H11BrN2O3. The molecule has 0 bridgehead atoms. The lowest BCUT2D eigenvalue weighted by Gasteiger charge is -2.19. The quantitative estimate of drug-likeness (QED) is 0.784. The number of nitriles is 1. The first-order chi connectivity index (χ1) is 7.86. The van der Waals surface area contributed by atoms with Crippen LogP contribution in [0, 0.1) is 11.3 Å². The predicted octanol–water partition coefficient (Wildman–Crippen LogP) is 1.57. The molecule has 1 rings (SSSR count). The lowest BCUT2D eigenvalue weighted by Crippen LogP contribution is -2.41. The Morgan fingerprint density at radius 1 is 1.65 bits per heavy atom. The first-order valence-corrected chi connectivity index (χ1v) is 5.55. The molecule has 0 amide bonds. The average Bonchev–Trinajstić information content (AvgIpc) is 2.26. The number of aliphatic carboxylic acids is 1. The second-order valence-electron chi connectivity index (χ2n) is 3.73. The zero-order valence-electron chi connectivity index (χ0n) is 9.07. The second-order valence-corrected chi connectivity index (χ2v) is 4.65. The van der Waals surface area contributed by atoms with E-state index in [2.05, 4.69) is 21.2 Å². The van der Waals surface area contributed by atoms with Gasteiger partial charge < -0.3 is 15.5 Å². The van der Waals surface area contributed by atoms with Crippen LogP contribution in [0.1, 0.15) is 12.5 Å². The molecule has 90 valence electrons. The summed E-state index contributed by atoms with van der Waals surface area (Å²) in [6.07, 6.45) is 0. The van der Waals surface area contributed by atoms with E-state index >= 15 is 0 Å². The minimum atomic E-state index is -1.88. The highest BCUT2D eigenvalue weighted by molar-refractivity contribution is 9.10. The van der Waals surface area contributed by atoms with Crippen molar-refractivity contribution in [3.63, 3.8) is 0 Å². The Morgan fingerprint density at radius 3 is 2.82 bits per heavy atom. The number of nitrogens with zero attached hydrogens (tertiary/aromatic N) is 1. The molecule has 0 heterocycles. The van der Waals surface area contributed by atoms with Crippen molar-refractivity contribution < 1.29 is 15.0 Å². The monoisotopic (exact) mass is 298 g/mol. The third-order valence-corrected chi connectivity index (χ3v) is 2.68. The van der Waals surface area contributed by atoms with Gasteiger partial charge in [-0.25, -0.2) is 4.79 Å². The van der Waals surface area contributed by atoms with Crippen LogP contribution in [0.2, 0.25) is 0 Å². The molecule has 1 atom stereocenters. The summed E-state index contributed by atoms with van der Waals surface area (Å²) in [5.74, 6) is -1.32. The number of nitrogens with one attached hydrogen (secondary N) is 1. The molecule has 0 aliphatic carbocycles. The molecule has 5 nitrogen and oxygen atoms in total. The zero-order valence-corrected chi connectivity index (χ0v) is 10.7. The van der Waals surface area contributed by atoms with E-state index in [4.69, 9.17) is 10.4 Å². The van der Waals surface area contributed by atoms with Gasteiger partial charge >= 0.3 is 5.97 Å². The van der Waals surface area contributed by atoms with Crippen LogP contribution in [0.4, 0.5) is 5.69 Å². The summed E-state index contributed by atoms with van der Waals surface area (Å²) in [6, 6.07) is 6.93. The number of carboxylic acids is 1. The topological polar surface area (TPSA) is 93.4 Å². The maximum absolute atomic E-state index is 10.7. The lowest BCUT2D eigenvalue weighted by atomic mass is 10.1. The molecular weight excluding hydrogens is 288 g/mol. The fourth-order valence-electron chi connectivity index (χ4n) is 1.10. The number of anilines is 1. The fraction of sp³-hybridized carbons (Fsp3) is 0.273. The maximum Gasteiger partial charge on any atom is 0.337 e. The molecule has 0 aliphatic rings. The van der Waals surface area contributed by atoms with Crippen LogP contribution in [0.25, 0.3) is 0 Å². The van der Waals surface area contributed by atoms with Crippen molar-refractivity contribution in [2.75, 3.05) is 11.9 Å². The van der Waals surface area contributed by atoms with Crippen molar-refractivity contribution in [2.24, 2.45) is 0 Å². The Bertz CT molecular complexity index is 480. The van der Waals surface area contributed by atoms with Gasteiger partial charge in [0.1, 0.15) is 6.07 Å². The van der Waals surface area contributed by atoms with Gasteiger partial charge in [-0.2, -0.15) is 5.26 Å². The van der Waals surface area contributed by atoms with Crippen molar-refractivity contribution >= 4 is 27.6 Å². The second kappa shape index (κ2) is 5.17. The number of hydrogen-bond donors (Lipinski definition) is 3. The van der Waals surface area contributed by atoms with Gasteiger partial charge in [0.2, 0.25) is 0 Å². The molecule has 1 unspecified atom stereocenters. The highest BCUT2D eigenvalue weighted by Gasteiger charge is 2.29. The number of benzene rings is 1. The predicted molar refractivity (Wildman–Crippen MR) is 65.6 cm³/mol. The van der Waals surface area contributed by atoms with Crippen LogP contribution in [-0.2, 0) is 4.79 Å². The fourth-order valence-corrected chi connectivity index (χ4v) is 1.46. The van der Waals surface area contributed by atoms with Gasteiger partial charge in [-0.3, -0.25) is 0 Å². The summed E-state index contributed by atoms with van der Waals surface area (Å²) in [4.78, 5) is 10.7. The van der Waals surface area contributed by atoms with E-state index in [0.717, 1.165) is 4.47 Å². The van der Waals surface area contributed by atoms with E-state index < -0.39 is 11.6 Å². The largest absolute Gasteiger partial charge is 0.479 e. The van der Waals surface area contributed by atoms with Gasteiger partial charge in [-0.05, 0) is 25.1 Å². The summed E-state index contributed by atoms with van der Waals surface area (Å²) >= 11 is 3.25. The van der Waals surface area contributed by atoms with Crippen LogP contribution < -0.4 is 5.32 Å². The summed E-state index contributed by atoms with van der Waals surface area (Å²) in [7, 11) is 0. The Labute approximate surface area is 107 Å². The van der Waals surface area contributed by atoms with Gasteiger partial charge in [0.15, 0.2) is 5.60 Å². The normalized spacial score (nSPS) is 13.5. The number of carbonyl (C=O) groups is 1. The molecule has 1 aromatic rings. The first-order valence-electron chi connectivity index (χ1n) is 4.76. The molecule has 6 heteroatoms. The molecule has 1 aromatic carbocycles. The van der Waals surface area contributed by atoms with Crippen molar-refractivity contribution in [3.8, 4) is 6.07 Å². The highest BCUT2D eigenvalue weighted by atomic mass is 79.9. The number of halogens is 1. The van der Waals surface area contributed by atoms with Gasteiger partial charge in [0, 0.05) is 4.47 Å². The third-order valence-electron chi connectivity index (χ3n) is 2.19. The molecule has 0 radical (unpaired) electrons. The van der Waals surface area contributed by atoms with Crippen LogP contribution in [0.5, 0.6) is 0 Å². The Kier molecular flexibility index (Phi) is 4.10. The summed E-state index contributed by atoms with van der Waals surface area (Å²) in [5.41, 5.74) is -1.02. The number of hydrogen-bond acceptors (Lipinski definition) is 4. The Morgan fingerprint density at radius 2 is 2.29 bits per heavy atom. The molecule has 0 aliphatic heterocycles. The van der Waals surface area contributed by atoms with Crippen molar-refractivity contribution in [1.82, 2.24) is 0 Å². The lowest BCUT2D eigenvalue weighted by molar-refractivity contribution is -0.155. The Hall–Kier alpha value is -1.58.